The second-order valence-electron chi connectivity index (χ2n) is 18.1. The van der Waals surface area contributed by atoms with Crippen LogP contribution in [0.3, 0.4) is 0 Å². The van der Waals surface area contributed by atoms with Crippen LogP contribution in [0.15, 0.2) is 139 Å². The molecule has 14 heteroatoms. The van der Waals surface area contributed by atoms with Crippen LogP contribution >= 0.6 is 0 Å². The summed E-state index contributed by atoms with van der Waals surface area (Å²) >= 11 is 0. The van der Waals surface area contributed by atoms with Gasteiger partial charge in [0.25, 0.3) is 5.69 Å². The molecule has 5 aromatic rings. The number of aliphatic hydroxyl groups is 2. The van der Waals surface area contributed by atoms with E-state index in [-0.39, 0.29) is 62.1 Å². The van der Waals surface area contributed by atoms with Crippen LogP contribution in [-0.4, -0.2) is 83.3 Å². The summed E-state index contributed by atoms with van der Waals surface area (Å²) in [5, 5.41) is 38.4. The van der Waals surface area contributed by atoms with E-state index in [2.05, 4.69) is 12.7 Å². The number of oxime groups is 1. The third-order valence-corrected chi connectivity index (χ3v) is 13.9. The highest BCUT2D eigenvalue weighted by atomic mass is 16.7. The first-order valence-electron chi connectivity index (χ1n) is 24.4. The number of carbonyl (C=O) groups is 2. The molecule has 0 bridgehead atoms. The van der Waals surface area contributed by atoms with E-state index < -0.39 is 22.7 Å². The maximum absolute atomic E-state index is 15.4. The summed E-state index contributed by atoms with van der Waals surface area (Å²) in [7, 11) is 1.50. The number of nitro groups is 1. The summed E-state index contributed by atoms with van der Waals surface area (Å²) in [5.74, 6) is -0.941. The van der Waals surface area contributed by atoms with E-state index in [1.807, 2.05) is 67.6 Å². The van der Waals surface area contributed by atoms with E-state index in [0.717, 1.165) is 59.4 Å². The number of benzene rings is 5. The van der Waals surface area contributed by atoms with Gasteiger partial charge < -0.3 is 38.9 Å². The number of fused-ring (bicyclic) bond motifs is 3. The number of hydrogen-bond donors (Lipinski definition) is 2. The Balaban J connectivity index is 1.35. The molecule has 1 saturated carbocycles. The van der Waals surface area contributed by atoms with E-state index >= 15 is 4.79 Å². The van der Waals surface area contributed by atoms with Gasteiger partial charge in [0.15, 0.2) is 6.29 Å². The lowest BCUT2D eigenvalue weighted by Gasteiger charge is -2.60. The number of aliphatic hydroxyl groups excluding tert-OH is 2. The molecule has 3 aliphatic rings. The van der Waals surface area contributed by atoms with E-state index in [4.69, 9.17) is 28.9 Å². The number of ether oxygens (including phenoxy) is 4. The number of unbranched alkanes of at least 4 members (excludes halogenated alkanes) is 2. The van der Waals surface area contributed by atoms with E-state index in [1.165, 1.54) is 25.3 Å². The first-order valence-corrected chi connectivity index (χ1v) is 24.4. The number of amides is 1. The monoisotopic (exact) mass is 963 g/mol. The third-order valence-electron chi connectivity index (χ3n) is 13.9. The topological polar surface area (TPSA) is 179 Å². The lowest BCUT2D eigenvalue weighted by molar-refractivity contribution is -0.384. The number of carbonyl (C=O) groups excluding carboxylic acids is 2. The van der Waals surface area contributed by atoms with Gasteiger partial charge in [-0.15, -0.1) is 6.58 Å². The maximum Gasteiger partial charge on any atom is 0.269 e. The molecule has 14 nitrogen and oxygen atoms in total. The third kappa shape index (κ3) is 10.8. The Bertz CT molecular complexity index is 2800. The molecule has 1 amide bonds. The molecule has 370 valence electrons. The predicted molar refractivity (Wildman–Crippen MR) is 272 cm³/mol. The number of aldehydes is 1. The normalized spacial score (nSPS) is 21.7. The van der Waals surface area contributed by atoms with Crippen molar-refractivity contribution in [2.45, 2.75) is 76.2 Å². The second-order valence-corrected chi connectivity index (χ2v) is 18.1. The highest BCUT2D eigenvalue weighted by Crippen LogP contribution is 2.62. The Hall–Kier alpha value is -7.13. The van der Waals surface area contributed by atoms with Gasteiger partial charge >= 0.3 is 0 Å². The fourth-order valence-corrected chi connectivity index (χ4v) is 10.8. The van der Waals surface area contributed by atoms with Crippen LogP contribution in [0.2, 0.25) is 0 Å². The second kappa shape index (κ2) is 23.2. The van der Waals surface area contributed by atoms with Crippen molar-refractivity contribution in [3.8, 4) is 23.0 Å². The maximum atomic E-state index is 15.4. The van der Waals surface area contributed by atoms with Crippen molar-refractivity contribution in [3.63, 3.8) is 0 Å². The highest BCUT2D eigenvalue weighted by molar-refractivity contribution is 6.03. The zero-order valence-corrected chi connectivity index (χ0v) is 40.2. The molecule has 8 rings (SSSR count). The van der Waals surface area contributed by atoms with Gasteiger partial charge in [-0.1, -0.05) is 72.6 Å². The quantitative estimate of drug-likeness (QED) is 0.0159. The average Bonchev–Trinajstić information content (AvgIpc) is 3.39. The van der Waals surface area contributed by atoms with Crippen LogP contribution in [0.1, 0.15) is 84.8 Å². The molecule has 1 aliphatic heterocycles. The first kappa shape index (κ1) is 50.3. The number of nitrogens with zero attached hydrogens (tertiary/aromatic N) is 3. The number of nitro benzene ring substituents is 1. The van der Waals surface area contributed by atoms with Crippen LogP contribution in [0.25, 0.3) is 16.8 Å². The lowest BCUT2D eigenvalue weighted by atomic mass is 9.55. The molecular formula is C57H61N3O11. The molecule has 2 aliphatic carbocycles. The number of allylic oxidation sites excluding steroid dienone is 1. The summed E-state index contributed by atoms with van der Waals surface area (Å²) in [6, 6.07) is 30.0. The van der Waals surface area contributed by atoms with E-state index in [0.29, 0.717) is 59.3 Å². The van der Waals surface area contributed by atoms with E-state index in [9.17, 15) is 25.1 Å². The standard InChI is InChI=1S/C57H61N3O11/c1-4-31-68-57-53(59(36-41-16-12-15-39-13-6-7-17-46(39)41)54(64)28-21-38-19-22-43(23-20-38)60(65)66)35-50(58-69-5-2)48-33-40(14-8-10-29-61)47(18-9-11-30-62)55(56(48)57)49-34-45(25-27-52(49)71-57)70-44-24-26-51(67-3)42(32-44)37-63/h4,6-7,12-13,15-17,19-28,32-34,37,40,47,53,55-56,61-62H,1,5,8-11,14,18,29-31,35-36H2,2-3H3. The van der Waals surface area contributed by atoms with Crippen molar-refractivity contribution in [2.24, 2.45) is 22.9 Å². The molecule has 5 aromatic carbocycles. The van der Waals surface area contributed by atoms with E-state index in [1.54, 1.807) is 47.4 Å². The lowest BCUT2D eigenvalue weighted by Crippen LogP contribution is -2.70. The van der Waals surface area contributed by atoms with Gasteiger partial charge in [0, 0.05) is 55.9 Å². The van der Waals surface area contributed by atoms with Crippen molar-refractivity contribution < 1.29 is 48.5 Å². The van der Waals surface area contributed by atoms with Crippen molar-refractivity contribution in [2.75, 3.05) is 33.5 Å². The molecule has 0 spiro atoms. The Labute approximate surface area is 414 Å². The minimum absolute atomic E-state index is 0.00211. The summed E-state index contributed by atoms with van der Waals surface area (Å²) in [6.45, 7) is 6.56. The molecule has 6 unspecified atom stereocenters. The molecule has 0 radical (unpaired) electrons. The Kier molecular flexibility index (Phi) is 16.4. The summed E-state index contributed by atoms with van der Waals surface area (Å²) < 4.78 is 26.6. The van der Waals surface area contributed by atoms with Crippen LogP contribution in [0.5, 0.6) is 23.0 Å². The zero-order valence-electron chi connectivity index (χ0n) is 40.2. The van der Waals surface area contributed by atoms with Crippen molar-refractivity contribution in [1.82, 2.24) is 4.90 Å². The molecule has 0 saturated heterocycles. The van der Waals surface area contributed by atoms with Crippen molar-refractivity contribution in [1.29, 1.82) is 0 Å². The minimum atomic E-state index is -1.55. The molecule has 2 N–H and O–H groups in total. The molecule has 71 heavy (non-hydrogen) atoms. The molecule has 0 aromatic heterocycles. The molecule has 1 fully saturated rings. The zero-order chi connectivity index (χ0) is 49.9. The van der Waals surface area contributed by atoms with Gasteiger partial charge in [-0.05, 0) is 127 Å². The first-order chi connectivity index (χ1) is 34.7. The van der Waals surface area contributed by atoms with Gasteiger partial charge in [0.1, 0.15) is 35.6 Å². The molecular weight excluding hydrogens is 903 g/mol. The number of hydrogen-bond acceptors (Lipinski definition) is 12. The fraction of sp³-hybridized carbons (Fsp3) is 0.351. The predicted octanol–water partition coefficient (Wildman–Crippen LogP) is 10.8. The van der Waals surface area contributed by atoms with Crippen molar-refractivity contribution >= 4 is 40.4 Å². The van der Waals surface area contributed by atoms with Crippen LogP contribution in [-0.2, 0) is 20.9 Å². The Morgan fingerprint density at radius 2 is 1.70 bits per heavy atom. The van der Waals surface area contributed by atoms with Gasteiger partial charge in [0.2, 0.25) is 11.7 Å². The Morgan fingerprint density at radius 3 is 2.44 bits per heavy atom. The Morgan fingerprint density at radius 1 is 0.958 bits per heavy atom. The summed E-state index contributed by atoms with van der Waals surface area (Å²) in [4.78, 5) is 46.2. The number of non-ortho nitro benzene ring substituents is 1. The molecule has 1 heterocycles. The average molecular weight is 964 g/mol. The number of methoxy groups -OCH3 is 1. The van der Waals surface area contributed by atoms with Crippen LogP contribution in [0, 0.1) is 27.9 Å². The summed E-state index contributed by atoms with van der Waals surface area (Å²) in [5.41, 5.74) is 4.17. The fourth-order valence-electron chi connectivity index (χ4n) is 10.8. The van der Waals surface area contributed by atoms with Crippen molar-refractivity contribution in [3.05, 3.63) is 166 Å². The largest absolute Gasteiger partial charge is 0.496 e. The van der Waals surface area contributed by atoms with Gasteiger partial charge in [-0.2, -0.15) is 0 Å². The van der Waals surface area contributed by atoms with Gasteiger partial charge in [-0.3, -0.25) is 19.7 Å². The number of rotatable bonds is 23. The van der Waals surface area contributed by atoms with Crippen LogP contribution < -0.4 is 14.2 Å². The smallest absolute Gasteiger partial charge is 0.269 e. The van der Waals surface area contributed by atoms with Gasteiger partial charge in [-0.25, -0.2) is 0 Å². The highest BCUT2D eigenvalue weighted by Gasteiger charge is 2.65. The minimum Gasteiger partial charge on any atom is -0.496 e. The van der Waals surface area contributed by atoms with Gasteiger partial charge in [0.05, 0.1) is 35.8 Å². The van der Waals surface area contributed by atoms with Crippen LogP contribution in [0.4, 0.5) is 5.69 Å². The summed E-state index contributed by atoms with van der Waals surface area (Å²) in [6.07, 6.45) is 12.3. The molecule has 6 atom stereocenters. The SMILES string of the molecule is C=CCOC12Oc3ccc(Oc4ccc(OC)c(C=O)c4)cc3C3C(CCCCO)C(CCCCO)C=C(C(=NOCC)CC1N(Cc1cccc4ccccc14)C(=O)C=Cc1ccc([N+](=O)[O-])cc1)C32.